The van der Waals surface area contributed by atoms with Gasteiger partial charge in [0.25, 0.3) is 0 Å². The monoisotopic (exact) mass is 414 g/mol. The molecular weight excluding hydrogens is 380 g/mol. The summed E-state index contributed by atoms with van der Waals surface area (Å²) < 4.78 is 11.2. The van der Waals surface area contributed by atoms with Crippen LogP contribution in [0.25, 0.3) is 0 Å². The molecule has 1 aromatic rings. The number of hydrogen-bond donors (Lipinski definition) is 2. The number of nitrogens with one attached hydrogen (secondary N) is 2. The Balaban J connectivity index is 1.27. The van der Waals surface area contributed by atoms with Crippen LogP contribution in [0.3, 0.4) is 0 Å². The fraction of sp³-hybridized carbons (Fsp3) is 0.667. The third-order valence-electron chi connectivity index (χ3n) is 6.98. The predicted octanol–water partition coefficient (Wildman–Crippen LogP) is 4.15. The number of ether oxygens (including phenoxy) is 2. The van der Waals surface area contributed by atoms with Gasteiger partial charge in [-0.15, -0.1) is 0 Å². The Morgan fingerprint density at radius 3 is 2.17 bits per heavy atom. The number of rotatable bonds is 9. The number of carbonyl (C=O) groups excluding carboxylic acids is 2. The molecule has 0 aliphatic heterocycles. The van der Waals surface area contributed by atoms with Gasteiger partial charge in [0.2, 0.25) is 11.8 Å². The van der Waals surface area contributed by atoms with Gasteiger partial charge in [-0.2, -0.15) is 0 Å². The second-order valence-electron chi connectivity index (χ2n) is 9.28. The lowest BCUT2D eigenvalue weighted by Crippen LogP contribution is -2.53. The van der Waals surface area contributed by atoms with E-state index in [0.717, 1.165) is 37.0 Å². The smallest absolute Gasteiger partial charge is 0.226 e. The molecule has 2 amide bonds. The van der Waals surface area contributed by atoms with Crippen LogP contribution in [0, 0.1) is 23.2 Å². The number of hydrogen-bond acceptors (Lipinski definition) is 4. The maximum absolute atomic E-state index is 13.0. The normalized spacial score (nSPS) is 28.8. The van der Waals surface area contributed by atoms with Crippen LogP contribution >= 0.6 is 0 Å². The Morgan fingerprint density at radius 1 is 0.967 bits per heavy atom. The summed E-state index contributed by atoms with van der Waals surface area (Å²) in [6.07, 6.45) is 7.35. The van der Waals surface area contributed by atoms with Gasteiger partial charge >= 0.3 is 0 Å². The summed E-state index contributed by atoms with van der Waals surface area (Å²) in [4.78, 5) is 25.4. The molecule has 6 nitrogen and oxygen atoms in total. The molecule has 0 radical (unpaired) electrons. The first-order valence-corrected chi connectivity index (χ1v) is 11.5. The van der Waals surface area contributed by atoms with Crippen molar-refractivity contribution in [2.45, 2.75) is 58.8 Å². The van der Waals surface area contributed by atoms with Crippen molar-refractivity contribution in [1.82, 2.24) is 5.32 Å². The van der Waals surface area contributed by atoms with Crippen molar-refractivity contribution in [3.63, 3.8) is 0 Å². The summed E-state index contributed by atoms with van der Waals surface area (Å²) in [5, 5.41) is 5.96. The third-order valence-corrected chi connectivity index (χ3v) is 6.98. The molecular formula is C24H34N2O4. The van der Waals surface area contributed by atoms with Crippen LogP contribution in [0.15, 0.2) is 18.2 Å². The van der Waals surface area contributed by atoms with E-state index in [4.69, 9.17) is 9.47 Å². The molecule has 1 aromatic carbocycles. The van der Waals surface area contributed by atoms with E-state index in [1.165, 1.54) is 19.3 Å². The van der Waals surface area contributed by atoms with Crippen molar-refractivity contribution >= 4 is 17.5 Å². The Hall–Kier alpha value is -2.24. The first-order valence-electron chi connectivity index (χ1n) is 11.5. The van der Waals surface area contributed by atoms with Gasteiger partial charge in [0.1, 0.15) is 0 Å². The lowest BCUT2D eigenvalue weighted by atomic mass is 9.49. The van der Waals surface area contributed by atoms with Crippen molar-refractivity contribution in [3.8, 4) is 11.5 Å². The van der Waals surface area contributed by atoms with E-state index in [2.05, 4.69) is 10.6 Å². The van der Waals surface area contributed by atoms with Gasteiger partial charge in [0.15, 0.2) is 11.5 Å². The minimum atomic E-state index is -0.160. The van der Waals surface area contributed by atoms with Gasteiger partial charge in [-0.05, 0) is 82.3 Å². The van der Waals surface area contributed by atoms with E-state index >= 15 is 0 Å². The molecule has 0 unspecified atom stereocenters. The molecule has 5 rings (SSSR count). The molecule has 0 saturated heterocycles. The highest BCUT2D eigenvalue weighted by molar-refractivity contribution is 5.91. The van der Waals surface area contributed by atoms with Crippen molar-refractivity contribution in [1.29, 1.82) is 0 Å². The van der Waals surface area contributed by atoms with Crippen LogP contribution < -0.4 is 20.1 Å². The average Bonchev–Trinajstić information content (AvgIpc) is 2.69. The average molecular weight is 415 g/mol. The molecule has 30 heavy (non-hydrogen) atoms. The molecule has 0 atom stereocenters. The van der Waals surface area contributed by atoms with Gasteiger partial charge < -0.3 is 20.1 Å². The fourth-order valence-electron chi connectivity index (χ4n) is 6.22. The van der Waals surface area contributed by atoms with Crippen LogP contribution in [0.4, 0.5) is 5.69 Å². The summed E-state index contributed by atoms with van der Waals surface area (Å²) in [5.41, 5.74) is 0.506. The largest absolute Gasteiger partial charge is 0.490 e. The fourth-order valence-corrected chi connectivity index (χ4v) is 6.22. The molecule has 0 heterocycles. The lowest BCUT2D eigenvalue weighted by molar-refractivity contribution is -0.146. The number of benzene rings is 1. The first-order chi connectivity index (χ1) is 14.5. The summed E-state index contributed by atoms with van der Waals surface area (Å²) in [5.74, 6) is 3.56. The van der Waals surface area contributed by atoms with Crippen molar-refractivity contribution in [3.05, 3.63) is 18.2 Å². The molecule has 4 aliphatic rings. The molecule has 0 spiro atoms. The summed E-state index contributed by atoms with van der Waals surface area (Å²) in [6.45, 7) is 5.28. The van der Waals surface area contributed by atoms with Crippen LogP contribution in [-0.4, -0.2) is 31.6 Å². The Morgan fingerprint density at radius 2 is 1.57 bits per heavy atom. The van der Waals surface area contributed by atoms with Gasteiger partial charge in [-0.25, -0.2) is 0 Å². The SMILES string of the molecule is CCOc1ccc(NC(=O)CCNC(=O)C23CC4CC(CC(C4)C2)C3)cc1OCC. The lowest BCUT2D eigenvalue weighted by Gasteiger charge is -2.55. The Kier molecular flexibility index (Phi) is 6.21. The van der Waals surface area contributed by atoms with E-state index < -0.39 is 0 Å². The maximum atomic E-state index is 13.0. The maximum Gasteiger partial charge on any atom is 0.226 e. The molecule has 6 heteroatoms. The van der Waals surface area contributed by atoms with E-state index in [-0.39, 0.29) is 23.7 Å². The second-order valence-corrected chi connectivity index (χ2v) is 9.28. The first kappa shape index (κ1) is 21.0. The number of anilines is 1. The predicted molar refractivity (Wildman–Crippen MR) is 116 cm³/mol. The van der Waals surface area contributed by atoms with Crippen LogP contribution in [-0.2, 0) is 9.59 Å². The van der Waals surface area contributed by atoms with Gasteiger partial charge in [0.05, 0.1) is 13.2 Å². The van der Waals surface area contributed by atoms with Crippen molar-refractivity contribution in [2.75, 3.05) is 25.1 Å². The quantitative estimate of drug-likeness (QED) is 0.637. The highest BCUT2D eigenvalue weighted by Gasteiger charge is 2.54. The van der Waals surface area contributed by atoms with Gasteiger partial charge in [-0.3, -0.25) is 9.59 Å². The summed E-state index contributed by atoms with van der Waals surface area (Å²) in [6, 6.07) is 5.39. The second kappa shape index (κ2) is 8.86. The number of amides is 2. The zero-order chi connectivity index (χ0) is 21.1. The van der Waals surface area contributed by atoms with E-state index in [9.17, 15) is 9.59 Å². The minimum Gasteiger partial charge on any atom is -0.490 e. The van der Waals surface area contributed by atoms with Crippen LogP contribution in [0.2, 0.25) is 0 Å². The minimum absolute atomic E-state index is 0.118. The van der Waals surface area contributed by atoms with E-state index in [1.807, 2.05) is 13.8 Å². The van der Waals surface area contributed by atoms with Gasteiger partial charge in [0, 0.05) is 30.1 Å². The highest BCUT2D eigenvalue weighted by atomic mass is 16.5. The summed E-state index contributed by atoms with van der Waals surface area (Å²) in [7, 11) is 0. The van der Waals surface area contributed by atoms with E-state index in [0.29, 0.717) is 36.9 Å². The molecule has 4 aliphatic carbocycles. The summed E-state index contributed by atoms with van der Waals surface area (Å²) >= 11 is 0. The zero-order valence-electron chi connectivity index (χ0n) is 18.2. The molecule has 164 valence electrons. The van der Waals surface area contributed by atoms with Gasteiger partial charge in [-0.1, -0.05) is 0 Å². The van der Waals surface area contributed by atoms with Crippen LogP contribution in [0.1, 0.15) is 58.8 Å². The molecule has 4 bridgehead atoms. The van der Waals surface area contributed by atoms with E-state index in [1.54, 1.807) is 18.2 Å². The Bertz CT molecular complexity index is 756. The van der Waals surface area contributed by atoms with Crippen molar-refractivity contribution < 1.29 is 19.1 Å². The van der Waals surface area contributed by atoms with Crippen molar-refractivity contribution in [2.24, 2.45) is 23.2 Å². The molecule has 0 aromatic heterocycles. The van der Waals surface area contributed by atoms with Crippen LogP contribution in [0.5, 0.6) is 11.5 Å². The zero-order valence-corrected chi connectivity index (χ0v) is 18.2. The Labute approximate surface area is 179 Å². The molecule has 4 saturated carbocycles. The standard InChI is InChI=1S/C24H34N2O4/c1-3-29-20-6-5-19(12-21(20)30-4-2)26-22(27)7-8-25-23(28)24-13-16-9-17(14-24)11-18(10-16)15-24/h5-6,12,16-18H,3-4,7-11,13-15H2,1-2H3,(H,25,28)(H,26,27). The molecule has 2 N–H and O–H groups in total. The topological polar surface area (TPSA) is 76.7 Å². The third kappa shape index (κ3) is 4.42. The molecule has 4 fully saturated rings. The number of carbonyl (C=O) groups is 2. The highest BCUT2D eigenvalue weighted by Crippen LogP contribution is 2.60.